The summed E-state index contributed by atoms with van der Waals surface area (Å²) in [7, 11) is 1.42. The van der Waals surface area contributed by atoms with Crippen molar-refractivity contribution in [2.45, 2.75) is 50.5 Å². The maximum atomic E-state index is 12.0. The van der Waals surface area contributed by atoms with Crippen LogP contribution in [0.15, 0.2) is 17.2 Å². The van der Waals surface area contributed by atoms with E-state index in [0.717, 1.165) is 25.7 Å². The molecule has 20 heavy (non-hydrogen) atoms. The van der Waals surface area contributed by atoms with Gasteiger partial charge < -0.3 is 10.3 Å². The molecule has 1 heterocycles. The molecule has 0 bridgehead atoms. The lowest BCUT2D eigenvalue weighted by Crippen LogP contribution is -2.39. The van der Waals surface area contributed by atoms with E-state index in [9.17, 15) is 13.2 Å². The maximum absolute atomic E-state index is 12.0. The summed E-state index contributed by atoms with van der Waals surface area (Å²) in [6.45, 7) is 4.46. The van der Waals surface area contributed by atoms with Crippen LogP contribution in [-0.4, -0.2) is 25.4 Å². The predicted octanol–water partition coefficient (Wildman–Crippen LogP) is 2.64. The third kappa shape index (κ3) is 3.76. The van der Waals surface area contributed by atoms with Gasteiger partial charge in [-0.15, -0.1) is 0 Å². The Hall–Kier alpha value is -1.01. The van der Waals surface area contributed by atoms with Crippen molar-refractivity contribution in [2.24, 2.45) is 5.41 Å². The van der Waals surface area contributed by atoms with Gasteiger partial charge in [0.05, 0.1) is 0 Å². The average molecular weight is 319 g/mol. The Balaban J connectivity index is 1.98. The summed E-state index contributed by atoms with van der Waals surface area (Å²) in [4.78, 5) is 14.6. The minimum atomic E-state index is -3.80. The number of rotatable bonds is 3. The van der Waals surface area contributed by atoms with E-state index in [1.165, 1.54) is 12.3 Å². The van der Waals surface area contributed by atoms with Gasteiger partial charge in [0.15, 0.2) is 0 Å². The highest BCUT2D eigenvalue weighted by Gasteiger charge is 2.28. The van der Waals surface area contributed by atoms with Crippen LogP contribution >= 0.6 is 10.7 Å². The molecule has 1 aliphatic carbocycles. The van der Waals surface area contributed by atoms with E-state index in [0.29, 0.717) is 5.41 Å². The first kappa shape index (κ1) is 15.4. The number of carbonyl (C=O) groups is 1. The molecule has 7 heteroatoms. The van der Waals surface area contributed by atoms with E-state index < -0.39 is 9.05 Å². The molecule has 1 fully saturated rings. The maximum Gasteiger partial charge on any atom is 0.267 e. The summed E-state index contributed by atoms with van der Waals surface area (Å²) >= 11 is 0. The lowest BCUT2D eigenvalue weighted by Gasteiger charge is -2.34. The van der Waals surface area contributed by atoms with Crippen molar-refractivity contribution < 1.29 is 13.2 Å². The Labute approximate surface area is 123 Å². The Morgan fingerprint density at radius 1 is 1.40 bits per heavy atom. The van der Waals surface area contributed by atoms with E-state index in [4.69, 9.17) is 10.7 Å². The van der Waals surface area contributed by atoms with Gasteiger partial charge in [-0.25, -0.2) is 8.42 Å². The summed E-state index contributed by atoms with van der Waals surface area (Å²) in [5.41, 5.74) is 0.558. The number of H-pyrrole nitrogens is 1. The van der Waals surface area contributed by atoms with E-state index in [1.807, 2.05) is 0 Å². The summed E-state index contributed by atoms with van der Waals surface area (Å²) in [5, 5.41) is 2.93. The van der Waals surface area contributed by atoms with Crippen LogP contribution in [0.5, 0.6) is 0 Å². The standard InChI is InChI=1S/C13H19ClN2O3S/c1-13(2)5-3-9(4-6-13)16-12(17)11-7-10(8-15-11)20(14,18)19/h7-9,15H,3-6H2,1-2H3,(H,16,17). The number of aromatic nitrogens is 1. The summed E-state index contributed by atoms with van der Waals surface area (Å²) in [6, 6.07) is 1.40. The number of hydrogen-bond donors (Lipinski definition) is 2. The lowest BCUT2D eigenvalue weighted by atomic mass is 9.75. The molecule has 1 aliphatic rings. The van der Waals surface area contributed by atoms with Gasteiger partial charge in [-0.2, -0.15) is 0 Å². The minimum absolute atomic E-state index is 0.0888. The van der Waals surface area contributed by atoms with Crippen molar-refractivity contribution in [3.05, 3.63) is 18.0 Å². The summed E-state index contributed by atoms with van der Waals surface area (Å²) < 4.78 is 22.3. The summed E-state index contributed by atoms with van der Waals surface area (Å²) in [5.74, 6) is -0.290. The molecular weight excluding hydrogens is 300 g/mol. The Bertz CT molecular complexity index is 597. The van der Waals surface area contributed by atoms with Gasteiger partial charge in [-0.3, -0.25) is 4.79 Å². The van der Waals surface area contributed by atoms with Gasteiger partial charge in [0.25, 0.3) is 15.0 Å². The van der Waals surface area contributed by atoms with Crippen LogP contribution in [0.4, 0.5) is 0 Å². The highest BCUT2D eigenvalue weighted by atomic mass is 35.7. The van der Waals surface area contributed by atoms with Crippen LogP contribution in [0.2, 0.25) is 0 Å². The Morgan fingerprint density at radius 3 is 2.50 bits per heavy atom. The predicted molar refractivity (Wildman–Crippen MR) is 77.3 cm³/mol. The largest absolute Gasteiger partial charge is 0.356 e. The third-order valence-electron chi connectivity index (χ3n) is 3.86. The zero-order chi connectivity index (χ0) is 15.0. The second kappa shape index (κ2) is 5.41. The summed E-state index contributed by atoms with van der Waals surface area (Å²) in [6.07, 6.45) is 5.26. The molecular formula is C13H19ClN2O3S. The van der Waals surface area contributed by atoms with Crippen molar-refractivity contribution in [2.75, 3.05) is 0 Å². The normalized spacial score (nSPS) is 19.8. The monoisotopic (exact) mass is 318 g/mol. The molecule has 0 unspecified atom stereocenters. The first-order valence-corrected chi connectivity index (χ1v) is 8.92. The quantitative estimate of drug-likeness (QED) is 0.841. The molecule has 112 valence electrons. The number of amides is 1. The number of halogens is 1. The fourth-order valence-electron chi connectivity index (χ4n) is 2.45. The van der Waals surface area contributed by atoms with Gasteiger partial charge in [0, 0.05) is 22.9 Å². The van der Waals surface area contributed by atoms with Gasteiger partial charge >= 0.3 is 0 Å². The molecule has 0 spiro atoms. The molecule has 1 aromatic heterocycles. The van der Waals surface area contributed by atoms with E-state index in [2.05, 4.69) is 24.1 Å². The smallest absolute Gasteiger partial charge is 0.267 e. The molecule has 2 N–H and O–H groups in total. The molecule has 1 aromatic rings. The molecule has 2 rings (SSSR count). The number of aromatic amines is 1. The molecule has 0 saturated heterocycles. The van der Waals surface area contributed by atoms with Gasteiger partial charge in [0.1, 0.15) is 10.6 Å². The molecule has 0 atom stereocenters. The molecule has 0 aromatic carbocycles. The van der Waals surface area contributed by atoms with Crippen molar-refractivity contribution in [3.8, 4) is 0 Å². The zero-order valence-corrected chi connectivity index (χ0v) is 13.1. The van der Waals surface area contributed by atoms with Crippen LogP contribution in [-0.2, 0) is 9.05 Å². The fraction of sp³-hybridized carbons (Fsp3) is 0.615. The fourth-order valence-corrected chi connectivity index (χ4v) is 3.18. The Morgan fingerprint density at radius 2 is 2.00 bits per heavy atom. The zero-order valence-electron chi connectivity index (χ0n) is 11.6. The van der Waals surface area contributed by atoms with E-state index in [-0.39, 0.29) is 22.5 Å². The van der Waals surface area contributed by atoms with E-state index in [1.54, 1.807) is 0 Å². The van der Waals surface area contributed by atoms with Gasteiger partial charge in [-0.05, 0) is 37.2 Å². The lowest BCUT2D eigenvalue weighted by molar-refractivity contribution is 0.0904. The number of carbonyl (C=O) groups excluding carboxylic acids is 1. The SMILES string of the molecule is CC1(C)CCC(NC(=O)c2cc(S(=O)(=O)Cl)c[nH]2)CC1. The van der Waals surface area contributed by atoms with Crippen molar-refractivity contribution >= 4 is 25.6 Å². The topological polar surface area (TPSA) is 79.0 Å². The van der Waals surface area contributed by atoms with Crippen molar-refractivity contribution in [1.82, 2.24) is 10.3 Å². The van der Waals surface area contributed by atoms with Gasteiger partial charge in [-0.1, -0.05) is 13.8 Å². The number of hydrogen-bond acceptors (Lipinski definition) is 3. The van der Waals surface area contributed by atoms with Crippen molar-refractivity contribution in [1.29, 1.82) is 0 Å². The van der Waals surface area contributed by atoms with Crippen LogP contribution in [0.25, 0.3) is 0 Å². The molecule has 0 aliphatic heterocycles. The molecule has 5 nitrogen and oxygen atoms in total. The van der Waals surface area contributed by atoms with Crippen molar-refractivity contribution in [3.63, 3.8) is 0 Å². The van der Waals surface area contributed by atoms with Gasteiger partial charge in [0.2, 0.25) is 0 Å². The highest BCUT2D eigenvalue weighted by molar-refractivity contribution is 8.13. The minimum Gasteiger partial charge on any atom is -0.356 e. The van der Waals surface area contributed by atoms with Crippen LogP contribution in [0.1, 0.15) is 50.0 Å². The van der Waals surface area contributed by atoms with Crippen LogP contribution < -0.4 is 5.32 Å². The second-order valence-electron chi connectivity index (χ2n) is 6.10. The van der Waals surface area contributed by atoms with Crippen LogP contribution in [0.3, 0.4) is 0 Å². The van der Waals surface area contributed by atoms with Crippen LogP contribution in [0, 0.1) is 5.41 Å². The molecule has 0 radical (unpaired) electrons. The Kier molecular flexibility index (Phi) is 4.16. The highest BCUT2D eigenvalue weighted by Crippen LogP contribution is 2.35. The molecule has 1 saturated carbocycles. The first-order chi connectivity index (χ1) is 9.17. The molecule has 1 amide bonds. The average Bonchev–Trinajstić information content (AvgIpc) is 2.81. The number of nitrogens with one attached hydrogen (secondary N) is 2. The van der Waals surface area contributed by atoms with E-state index >= 15 is 0 Å². The first-order valence-electron chi connectivity index (χ1n) is 6.61. The second-order valence-corrected chi connectivity index (χ2v) is 8.66. The third-order valence-corrected chi connectivity index (χ3v) is 5.19.